The molecule has 1 heteroatoms. The van der Waals surface area contributed by atoms with E-state index in [-0.39, 0.29) is 5.82 Å². The second-order valence-electron chi connectivity index (χ2n) is 7.10. The summed E-state index contributed by atoms with van der Waals surface area (Å²) in [6.45, 7) is 2.29. The van der Waals surface area contributed by atoms with Crippen LogP contribution in [0.5, 0.6) is 0 Å². The predicted molar refractivity (Wildman–Crippen MR) is 102 cm³/mol. The summed E-state index contributed by atoms with van der Waals surface area (Å²) in [7, 11) is 0. The first-order chi connectivity index (χ1) is 12.2. The molecule has 0 N–H and O–H groups in total. The van der Waals surface area contributed by atoms with Gasteiger partial charge in [-0.3, -0.25) is 0 Å². The zero-order chi connectivity index (χ0) is 17.2. The largest absolute Gasteiger partial charge is 0.207 e. The lowest BCUT2D eigenvalue weighted by Crippen LogP contribution is -2.19. The minimum Gasteiger partial charge on any atom is -0.207 e. The van der Waals surface area contributed by atoms with E-state index >= 15 is 0 Å². The molecule has 0 saturated carbocycles. The van der Waals surface area contributed by atoms with Crippen LogP contribution in [-0.2, 0) is 6.42 Å². The molecular weight excluding hydrogens is 307 g/mol. The van der Waals surface area contributed by atoms with E-state index in [4.69, 9.17) is 0 Å². The second kappa shape index (κ2) is 6.84. The monoisotopic (exact) mass is 330 g/mol. The van der Waals surface area contributed by atoms with Crippen LogP contribution in [0, 0.1) is 11.7 Å². The van der Waals surface area contributed by atoms with Crippen molar-refractivity contribution < 1.29 is 4.39 Å². The molecule has 2 atom stereocenters. The highest BCUT2D eigenvalue weighted by Crippen LogP contribution is 2.41. The highest BCUT2D eigenvalue weighted by molar-refractivity contribution is 5.64. The third-order valence-corrected chi connectivity index (χ3v) is 5.53. The van der Waals surface area contributed by atoms with Crippen LogP contribution in [-0.4, -0.2) is 0 Å². The van der Waals surface area contributed by atoms with E-state index in [2.05, 4.69) is 55.5 Å². The Morgan fingerprint density at radius 1 is 0.880 bits per heavy atom. The van der Waals surface area contributed by atoms with Crippen LogP contribution in [0.2, 0.25) is 0 Å². The fourth-order valence-electron chi connectivity index (χ4n) is 4.14. The molecule has 0 amide bonds. The van der Waals surface area contributed by atoms with Gasteiger partial charge in [-0.15, -0.1) is 0 Å². The summed E-state index contributed by atoms with van der Waals surface area (Å²) in [5, 5.41) is 0. The number of hydrogen-bond acceptors (Lipinski definition) is 0. The third-order valence-electron chi connectivity index (χ3n) is 5.53. The van der Waals surface area contributed by atoms with Gasteiger partial charge in [0.1, 0.15) is 5.82 Å². The summed E-state index contributed by atoms with van der Waals surface area (Å²) in [5.74, 6) is 0.984. The van der Waals surface area contributed by atoms with E-state index in [1.54, 1.807) is 12.1 Å². The van der Waals surface area contributed by atoms with E-state index in [1.165, 1.54) is 42.0 Å². The molecule has 0 aromatic heterocycles. The Hall–Kier alpha value is -2.41. The SMILES string of the molecule is CC[C@@H]1Cc2ccccc2[C@@H](c2cccc(-c3cccc(F)c3)c2)C1. The van der Waals surface area contributed by atoms with Crippen molar-refractivity contribution in [1.82, 2.24) is 0 Å². The maximum Gasteiger partial charge on any atom is 0.123 e. The molecule has 126 valence electrons. The quantitative estimate of drug-likeness (QED) is 0.507. The van der Waals surface area contributed by atoms with E-state index in [0.29, 0.717) is 5.92 Å². The Kier molecular flexibility index (Phi) is 4.40. The average Bonchev–Trinajstić information content (AvgIpc) is 2.67. The lowest BCUT2D eigenvalue weighted by atomic mass is 9.73. The van der Waals surface area contributed by atoms with Crippen LogP contribution in [0.4, 0.5) is 4.39 Å². The molecule has 3 aromatic carbocycles. The van der Waals surface area contributed by atoms with Crippen molar-refractivity contribution >= 4 is 0 Å². The number of hydrogen-bond donors (Lipinski definition) is 0. The highest BCUT2D eigenvalue weighted by Gasteiger charge is 2.27. The van der Waals surface area contributed by atoms with Crippen LogP contribution in [0.15, 0.2) is 72.8 Å². The first kappa shape index (κ1) is 16.1. The molecule has 0 heterocycles. The summed E-state index contributed by atoms with van der Waals surface area (Å²) in [6.07, 6.45) is 3.60. The van der Waals surface area contributed by atoms with Crippen LogP contribution in [0.3, 0.4) is 0 Å². The van der Waals surface area contributed by atoms with Crippen LogP contribution >= 0.6 is 0 Å². The van der Waals surface area contributed by atoms with Gasteiger partial charge in [0.25, 0.3) is 0 Å². The fourth-order valence-corrected chi connectivity index (χ4v) is 4.14. The van der Waals surface area contributed by atoms with Gasteiger partial charge in [0.15, 0.2) is 0 Å². The van der Waals surface area contributed by atoms with Gasteiger partial charge in [-0.25, -0.2) is 4.39 Å². The van der Waals surface area contributed by atoms with Gasteiger partial charge in [-0.05, 0) is 58.7 Å². The lowest BCUT2D eigenvalue weighted by Gasteiger charge is -2.31. The summed E-state index contributed by atoms with van der Waals surface area (Å²) in [5.41, 5.74) is 6.32. The van der Waals surface area contributed by atoms with Gasteiger partial charge in [0.05, 0.1) is 0 Å². The molecule has 0 nitrogen and oxygen atoms in total. The van der Waals surface area contributed by atoms with Gasteiger partial charge in [0.2, 0.25) is 0 Å². The van der Waals surface area contributed by atoms with Crippen molar-refractivity contribution in [3.05, 3.63) is 95.3 Å². The molecule has 0 bridgehead atoms. The molecule has 0 spiro atoms. The molecular formula is C24H23F. The molecule has 0 fully saturated rings. The highest BCUT2D eigenvalue weighted by atomic mass is 19.1. The number of rotatable bonds is 3. The average molecular weight is 330 g/mol. The Balaban J connectivity index is 1.76. The Morgan fingerprint density at radius 2 is 1.64 bits per heavy atom. The topological polar surface area (TPSA) is 0 Å². The Morgan fingerprint density at radius 3 is 2.44 bits per heavy atom. The maximum absolute atomic E-state index is 13.6. The molecule has 1 aliphatic carbocycles. The number of halogens is 1. The number of benzene rings is 3. The molecule has 0 unspecified atom stereocenters. The number of fused-ring (bicyclic) bond motifs is 1. The zero-order valence-corrected chi connectivity index (χ0v) is 14.6. The van der Waals surface area contributed by atoms with Crippen LogP contribution in [0.25, 0.3) is 11.1 Å². The lowest BCUT2D eigenvalue weighted by molar-refractivity contribution is 0.416. The van der Waals surface area contributed by atoms with Crippen molar-refractivity contribution in [3.63, 3.8) is 0 Å². The molecule has 3 aromatic rings. The summed E-state index contributed by atoms with van der Waals surface area (Å²) < 4.78 is 13.6. The van der Waals surface area contributed by atoms with Crippen molar-refractivity contribution in [3.8, 4) is 11.1 Å². The fraction of sp³-hybridized carbons (Fsp3) is 0.250. The zero-order valence-electron chi connectivity index (χ0n) is 14.6. The van der Waals surface area contributed by atoms with Gasteiger partial charge in [-0.2, -0.15) is 0 Å². The maximum atomic E-state index is 13.6. The van der Waals surface area contributed by atoms with E-state index in [0.717, 1.165) is 17.0 Å². The minimum atomic E-state index is -0.183. The van der Waals surface area contributed by atoms with Crippen molar-refractivity contribution in [2.24, 2.45) is 5.92 Å². The normalized spacial score (nSPS) is 19.4. The van der Waals surface area contributed by atoms with Gasteiger partial charge >= 0.3 is 0 Å². The molecule has 0 radical (unpaired) electrons. The summed E-state index contributed by atoms with van der Waals surface area (Å²) >= 11 is 0. The first-order valence-electron chi connectivity index (χ1n) is 9.18. The minimum absolute atomic E-state index is 0.183. The molecule has 4 rings (SSSR count). The molecule has 0 saturated heterocycles. The van der Waals surface area contributed by atoms with Crippen LogP contribution in [0.1, 0.15) is 42.4 Å². The molecule has 1 aliphatic rings. The standard InChI is InChI=1S/C24H23F/c1-2-17-13-20-7-3-4-12-23(20)24(14-17)21-10-5-8-18(15-21)19-9-6-11-22(25)16-19/h3-12,15-17,24H,2,13-14H2,1H3/t17-,24-/m1/s1. The van der Waals surface area contributed by atoms with E-state index in [9.17, 15) is 4.39 Å². The predicted octanol–water partition coefficient (Wildman–Crippen LogP) is 6.60. The molecule has 0 aliphatic heterocycles. The Labute approximate surface area is 149 Å². The molecule has 25 heavy (non-hydrogen) atoms. The van der Waals surface area contributed by atoms with Gasteiger partial charge in [0, 0.05) is 5.92 Å². The Bertz CT molecular complexity index is 881. The smallest absolute Gasteiger partial charge is 0.123 e. The summed E-state index contributed by atoms with van der Waals surface area (Å²) in [6, 6.07) is 24.4. The second-order valence-corrected chi connectivity index (χ2v) is 7.10. The first-order valence-corrected chi connectivity index (χ1v) is 9.18. The van der Waals surface area contributed by atoms with Crippen molar-refractivity contribution in [1.29, 1.82) is 0 Å². The summed E-state index contributed by atoms with van der Waals surface area (Å²) in [4.78, 5) is 0. The van der Waals surface area contributed by atoms with Gasteiger partial charge < -0.3 is 0 Å². The van der Waals surface area contributed by atoms with Crippen LogP contribution < -0.4 is 0 Å². The van der Waals surface area contributed by atoms with Gasteiger partial charge in [-0.1, -0.05) is 74.0 Å². The van der Waals surface area contributed by atoms with E-state index in [1.807, 2.05) is 6.07 Å². The van der Waals surface area contributed by atoms with E-state index < -0.39 is 0 Å². The van der Waals surface area contributed by atoms with Crippen molar-refractivity contribution in [2.45, 2.75) is 32.1 Å². The third kappa shape index (κ3) is 3.24. The van der Waals surface area contributed by atoms with Crippen molar-refractivity contribution in [2.75, 3.05) is 0 Å².